The molecule has 0 bridgehead atoms. The molecule has 4 aromatic carbocycles. The minimum atomic E-state index is -0.548. The lowest BCUT2D eigenvalue weighted by molar-refractivity contribution is -0.116. The van der Waals surface area contributed by atoms with E-state index in [9.17, 15) is 14.4 Å². The number of nitrogens with zero attached hydrogens (tertiary/aromatic N) is 1. The predicted molar refractivity (Wildman–Crippen MR) is 176 cm³/mol. The Bertz CT molecular complexity index is 1780. The van der Waals surface area contributed by atoms with Gasteiger partial charge >= 0.3 is 0 Å². The molecule has 7 nitrogen and oxygen atoms in total. The van der Waals surface area contributed by atoms with E-state index in [-0.39, 0.29) is 11.6 Å². The van der Waals surface area contributed by atoms with Gasteiger partial charge in [0, 0.05) is 34.2 Å². The monoisotopic (exact) mass is 598 g/mol. The number of para-hydroxylation sites is 1. The summed E-state index contributed by atoms with van der Waals surface area (Å²) in [5.41, 5.74) is 4.22. The molecular formula is C36H30N4O3S. The number of rotatable bonds is 10. The molecule has 218 valence electrons. The molecule has 1 aromatic heterocycles. The maximum Gasteiger partial charge on any atom is 0.272 e. The van der Waals surface area contributed by atoms with Crippen molar-refractivity contribution in [1.29, 1.82) is 0 Å². The normalized spacial score (nSPS) is 11.7. The molecule has 0 saturated heterocycles. The third-order valence-electron chi connectivity index (χ3n) is 6.61. The first kappa shape index (κ1) is 30.0. The zero-order valence-corrected chi connectivity index (χ0v) is 24.8. The number of benzene rings is 4. The van der Waals surface area contributed by atoms with Crippen molar-refractivity contribution in [2.75, 3.05) is 10.6 Å². The van der Waals surface area contributed by atoms with Crippen molar-refractivity contribution in [1.82, 2.24) is 10.3 Å². The second-order valence-corrected chi connectivity index (χ2v) is 11.0. The average Bonchev–Trinajstić information content (AvgIpc) is 3.06. The van der Waals surface area contributed by atoms with Crippen molar-refractivity contribution in [3.8, 4) is 0 Å². The number of hydrogen-bond acceptors (Lipinski definition) is 5. The van der Waals surface area contributed by atoms with Crippen LogP contribution in [-0.2, 0) is 9.59 Å². The van der Waals surface area contributed by atoms with Crippen molar-refractivity contribution < 1.29 is 14.4 Å². The Morgan fingerprint density at radius 2 is 1.50 bits per heavy atom. The van der Waals surface area contributed by atoms with Crippen LogP contribution < -0.4 is 16.0 Å². The SMILES string of the molecule is Cc1ccccc1NC(=O)C(Sc1cccc(NC(=O)/C(=C/c2cccnc2)NC(=O)c2ccccc2)c1)c1ccccc1. The van der Waals surface area contributed by atoms with E-state index in [1.54, 1.807) is 67.0 Å². The topological polar surface area (TPSA) is 100 Å². The summed E-state index contributed by atoms with van der Waals surface area (Å²) in [6.07, 6.45) is 4.81. The number of aromatic nitrogens is 1. The second-order valence-electron chi connectivity index (χ2n) is 9.86. The molecule has 5 rings (SSSR count). The van der Waals surface area contributed by atoms with Crippen LogP contribution in [0.4, 0.5) is 11.4 Å². The van der Waals surface area contributed by atoms with Gasteiger partial charge < -0.3 is 16.0 Å². The maximum atomic E-state index is 13.6. The van der Waals surface area contributed by atoms with Gasteiger partial charge in [0.1, 0.15) is 10.9 Å². The van der Waals surface area contributed by atoms with E-state index in [0.717, 1.165) is 21.7 Å². The Labute approximate surface area is 260 Å². The fraction of sp³-hybridized carbons (Fsp3) is 0.0556. The number of amides is 3. The Morgan fingerprint density at radius 1 is 0.773 bits per heavy atom. The van der Waals surface area contributed by atoms with Crippen LogP contribution in [0.3, 0.4) is 0 Å². The number of nitrogens with one attached hydrogen (secondary N) is 3. The Kier molecular flexibility index (Phi) is 9.97. The molecule has 0 spiro atoms. The molecule has 1 unspecified atom stereocenters. The fourth-order valence-electron chi connectivity index (χ4n) is 4.36. The molecule has 3 amide bonds. The van der Waals surface area contributed by atoms with E-state index < -0.39 is 17.1 Å². The zero-order valence-electron chi connectivity index (χ0n) is 23.9. The molecule has 0 aliphatic rings. The zero-order chi connectivity index (χ0) is 30.7. The standard InChI is InChI=1S/C36H30N4O3S/c1-25-12-8-9-20-31(25)39-36(43)33(27-14-4-2-5-15-27)44-30-19-10-18-29(23-30)38-35(42)32(22-26-13-11-21-37-24-26)40-34(41)28-16-6-3-7-17-28/h2-24,33H,1H3,(H,38,42)(H,39,43)(H,40,41)/b32-22-. The number of thioether (sulfide) groups is 1. The summed E-state index contributed by atoms with van der Waals surface area (Å²) in [6.45, 7) is 1.95. The van der Waals surface area contributed by atoms with Crippen molar-refractivity contribution in [2.45, 2.75) is 17.1 Å². The van der Waals surface area contributed by atoms with Crippen LogP contribution in [0.1, 0.15) is 32.3 Å². The van der Waals surface area contributed by atoms with Crippen LogP contribution >= 0.6 is 11.8 Å². The number of pyridine rings is 1. The third-order valence-corrected chi connectivity index (χ3v) is 7.86. The van der Waals surface area contributed by atoms with Crippen molar-refractivity contribution in [3.63, 3.8) is 0 Å². The molecule has 0 saturated carbocycles. The number of hydrogen-bond donors (Lipinski definition) is 3. The highest BCUT2D eigenvalue weighted by Crippen LogP contribution is 2.37. The second kappa shape index (κ2) is 14.6. The van der Waals surface area contributed by atoms with E-state index in [1.807, 2.05) is 79.7 Å². The summed E-state index contributed by atoms with van der Waals surface area (Å²) >= 11 is 1.38. The average molecular weight is 599 g/mol. The summed E-state index contributed by atoms with van der Waals surface area (Å²) in [5, 5.41) is 8.14. The highest BCUT2D eigenvalue weighted by molar-refractivity contribution is 8.00. The van der Waals surface area contributed by atoms with Crippen LogP contribution in [0.25, 0.3) is 6.08 Å². The van der Waals surface area contributed by atoms with Gasteiger partial charge in [-0.25, -0.2) is 0 Å². The van der Waals surface area contributed by atoms with Crippen molar-refractivity contribution >= 4 is 46.9 Å². The lowest BCUT2D eigenvalue weighted by atomic mass is 10.1. The molecule has 44 heavy (non-hydrogen) atoms. The van der Waals surface area contributed by atoms with Gasteiger partial charge in [0.05, 0.1) is 0 Å². The van der Waals surface area contributed by atoms with E-state index >= 15 is 0 Å². The largest absolute Gasteiger partial charge is 0.325 e. The Hall–Kier alpha value is -5.47. The van der Waals surface area contributed by atoms with Crippen LogP contribution in [0.2, 0.25) is 0 Å². The van der Waals surface area contributed by atoms with Crippen molar-refractivity contribution in [2.24, 2.45) is 0 Å². The summed E-state index contributed by atoms with van der Waals surface area (Å²) in [5.74, 6) is -1.07. The number of carbonyl (C=O) groups excluding carboxylic acids is 3. The van der Waals surface area contributed by atoms with E-state index in [0.29, 0.717) is 16.8 Å². The first-order valence-corrected chi connectivity index (χ1v) is 14.8. The minimum absolute atomic E-state index is 0.0599. The lowest BCUT2D eigenvalue weighted by Gasteiger charge is -2.18. The molecule has 1 atom stereocenters. The van der Waals surface area contributed by atoms with E-state index in [4.69, 9.17) is 0 Å². The van der Waals surface area contributed by atoms with Crippen LogP contribution in [0.5, 0.6) is 0 Å². The lowest BCUT2D eigenvalue weighted by Crippen LogP contribution is -2.30. The van der Waals surface area contributed by atoms with Gasteiger partial charge in [-0.05, 0) is 72.2 Å². The van der Waals surface area contributed by atoms with Gasteiger partial charge in [0.15, 0.2) is 0 Å². The van der Waals surface area contributed by atoms with Gasteiger partial charge in [-0.3, -0.25) is 19.4 Å². The molecule has 3 N–H and O–H groups in total. The quantitative estimate of drug-likeness (QED) is 0.116. The summed E-state index contributed by atoms with van der Waals surface area (Å²) in [6, 6.07) is 36.7. The van der Waals surface area contributed by atoms with Gasteiger partial charge in [-0.2, -0.15) is 0 Å². The highest BCUT2D eigenvalue weighted by Gasteiger charge is 2.23. The van der Waals surface area contributed by atoms with Gasteiger partial charge in [0.2, 0.25) is 5.91 Å². The molecule has 0 aliphatic carbocycles. The van der Waals surface area contributed by atoms with Crippen LogP contribution in [0.15, 0.2) is 144 Å². The smallest absolute Gasteiger partial charge is 0.272 e. The molecule has 0 aliphatic heterocycles. The predicted octanol–water partition coefficient (Wildman–Crippen LogP) is 7.27. The van der Waals surface area contributed by atoms with Gasteiger partial charge in [0.25, 0.3) is 11.8 Å². The van der Waals surface area contributed by atoms with Crippen molar-refractivity contribution in [3.05, 3.63) is 162 Å². The van der Waals surface area contributed by atoms with Gasteiger partial charge in [-0.1, -0.05) is 78.9 Å². The first-order valence-electron chi connectivity index (χ1n) is 13.9. The van der Waals surface area contributed by atoms with E-state index in [2.05, 4.69) is 20.9 Å². The fourth-order valence-corrected chi connectivity index (χ4v) is 5.45. The maximum absolute atomic E-state index is 13.6. The van der Waals surface area contributed by atoms with Crippen LogP contribution in [-0.4, -0.2) is 22.7 Å². The minimum Gasteiger partial charge on any atom is -0.325 e. The molecule has 5 aromatic rings. The summed E-state index contributed by atoms with van der Waals surface area (Å²) in [4.78, 5) is 44.9. The molecular weight excluding hydrogens is 568 g/mol. The molecule has 0 fully saturated rings. The number of carbonyl (C=O) groups is 3. The summed E-state index contributed by atoms with van der Waals surface area (Å²) in [7, 11) is 0. The van der Waals surface area contributed by atoms with E-state index in [1.165, 1.54) is 11.8 Å². The summed E-state index contributed by atoms with van der Waals surface area (Å²) < 4.78 is 0. The molecule has 8 heteroatoms. The number of aryl methyl sites for hydroxylation is 1. The third kappa shape index (κ3) is 8.08. The van der Waals surface area contributed by atoms with Crippen LogP contribution in [0, 0.1) is 6.92 Å². The molecule has 1 heterocycles. The number of anilines is 2. The molecule has 0 radical (unpaired) electrons. The Morgan fingerprint density at radius 3 is 2.23 bits per heavy atom. The highest BCUT2D eigenvalue weighted by atomic mass is 32.2. The van der Waals surface area contributed by atoms with Gasteiger partial charge in [-0.15, -0.1) is 11.8 Å². The first-order chi connectivity index (χ1) is 21.5. The Balaban J connectivity index is 1.37.